The fourth-order valence-corrected chi connectivity index (χ4v) is 3.45. The van der Waals surface area contributed by atoms with Crippen LogP contribution in [-0.2, 0) is 4.79 Å². The van der Waals surface area contributed by atoms with Crippen LogP contribution in [0.5, 0.6) is 5.75 Å². The quantitative estimate of drug-likeness (QED) is 0.654. The molecule has 2 heterocycles. The van der Waals surface area contributed by atoms with E-state index in [0.717, 1.165) is 35.9 Å². The summed E-state index contributed by atoms with van der Waals surface area (Å²) >= 11 is 0. The molecule has 0 radical (unpaired) electrons. The Bertz CT molecular complexity index is 872. The van der Waals surface area contributed by atoms with Gasteiger partial charge in [0.1, 0.15) is 17.4 Å². The predicted octanol–water partition coefficient (Wildman–Crippen LogP) is 2.35. The molecule has 166 valence electrons. The molecule has 1 aromatic heterocycles. The lowest BCUT2D eigenvalue weighted by molar-refractivity contribution is -0.130. The Kier molecular flexibility index (Phi) is 7.81. The largest absolute Gasteiger partial charge is 0.494 e. The van der Waals surface area contributed by atoms with Crippen molar-refractivity contribution < 1.29 is 14.3 Å². The number of nitrogens with zero attached hydrogens (tertiary/aromatic N) is 4. The molecule has 0 saturated carbocycles. The average Bonchev–Trinajstić information content (AvgIpc) is 2.77. The van der Waals surface area contributed by atoms with Crippen LogP contribution in [0.3, 0.4) is 0 Å². The van der Waals surface area contributed by atoms with Crippen LogP contribution < -0.4 is 15.0 Å². The summed E-state index contributed by atoms with van der Waals surface area (Å²) in [7, 11) is 0. The molecule has 0 atom stereocenters. The summed E-state index contributed by atoms with van der Waals surface area (Å²) in [4.78, 5) is 37.6. The van der Waals surface area contributed by atoms with Gasteiger partial charge in [0, 0.05) is 43.5 Å². The third-order valence-electron chi connectivity index (χ3n) is 5.19. The summed E-state index contributed by atoms with van der Waals surface area (Å²) in [5.74, 6) is 2.04. The number of hydrogen-bond acceptors (Lipinski definition) is 6. The van der Waals surface area contributed by atoms with Gasteiger partial charge in [-0.25, -0.2) is 9.97 Å². The number of amides is 2. The summed E-state index contributed by atoms with van der Waals surface area (Å²) in [6.45, 7) is 9.20. The van der Waals surface area contributed by atoms with E-state index in [2.05, 4.69) is 27.1 Å². The second kappa shape index (κ2) is 10.7. The number of aromatic nitrogens is 2. The van der Waals surface area contributed by atoms with Gasteiger partial charge in [-0.05, 0) is 44.5 Å². The molecule has 8 nitrogen and oxygen atoms in total. The highest BCUT2D eigenvalue weighted by atomic mass is 16.5. The van der Waals surface area contributed by atoms with E-state index in [0.29, 0.717) is 38.3 Å². The van der Waals surface area contributed by atoms with Crippen molar-refractivity contribution >= 4 is 17.6 Å². The second-order valence-corrected chi connectivity index (χ2v) is 7.69. The molecule has 2 aromatic rings. The van der Waals surface area contributed by atoms with E-state index in [1.807, 2.05) is 19.9 Å². The smallest absolute Gasteiger partial charge is 0.251 e. The first-order valence-electron chi connectivity index (χ1n) is 10.8. The molecule has 0 unspecified atom stereocenters. The molecule has 8 heteroatoms. The Morgan fingerprint density at radius 1 is 1.06 bits per heavy atom. The number of anilines is 1. The zero-order valence-corrected chi connectivity index (χ0v) is 18.6. The molecular formula is C23H31N5O3. The standard InChI is InChI=1S/C23H31N5O3/c1-4-5-14-31-20-8-6-19(7-9-20)23(30)24-16-22(29)28-12-10-27(11-13-28)21-15-17(2)25-18(3)26-21/h6-9,15H,4-5,10-14,16H2,1-3H3,(H,24,30). The van der Waals surface area contributed by atoms with Gasteiger partial charge in [-0.3, -0.25) is 9.59 Å². The van der Waals surface area contributed by atoms with Crippen molar-refractivity contribution in [2.24, 2.45) is 0 Å². The van der Waals surface area contributed by atoms with E-state index in [9.17, 15) is 9.59 Å². The summed E-state index contributed by atoms with van der Waals surface area (Å²) in [6, 6.07) is 8.95. The van der Waals surface area contributed by atoms with E-state index in [1.54, 1.807) is 29.2 Å². The van der Waals surface area contributed by atoms with Crippen LogP contribution in [0, 0.1) is 13.8 Å². The van der Waals surface area contributed by atoms with Crippen molar-refractivity contribution in [3.63, 3.8) is 0 Å². The van der Waals surface area contributed by atoms with Crippen molar-refractivity contribution in [3.8, 4) is 5.75 Å². The summed E-state index contributed by atoms with van der Waals surface area (Å²) < 4.78 is 5.61. The summed E-state index contributed by atoms with van der Waals surface area (Å²) in [5.41, 5.74) is 1.44. The Hall–Kier alpha value is -3.16. The monoisotopic (exact) mass is 425 g/mol. The SMILES string of the molecule is CCCCOc1ccc(C(=O)NCC(=O)N2CCN(c3cc(C)nc(C)n3)CC2)cc1. The molecular weight excluding hydrogens is 394 g/mol. The van der Waals surface area contributed by atoms with Crippen LogP contribution in [0.1, 0.15) is 41.6 Å². The molecule has 1 saturated heterocycles. The Morgan fingerprint density at radius 3 is 2.42 bits per heavy atom. The van der Waals surface area contributed by atoms with Gasteiger partial charge >= 0.3 is 0 Å². The number of ether oxygens (including phenoxy) is 1. The molecule has 1 fully saturated rings. The fraction of sp³-hybridized carbons (Fsp3) is 0.478. The lowest BCUT2D eigenvalue weighted by atomic mass is 10.2. The van der Waals surface area contributed by atoms with Crippen LogP contribution in [0.4, 0.5) is 5.82 Å². The Balaban J connectivity index is 1.44. The van der Waals surface area contributed by atoms with Crippen molar-refractivity contribution in [1.29, 1.82) is 0 Å². The van der Waals surface area contributed by atoms with E-state index in [-0.39, 0.29) is 18.4 Å². The molecule has 1 aliphatic rings. The van der Waals surface area contributed by atoms with Gasteiger partial charge in [0.05, 0.1) is 13.2 Å². The van der Waals surface area contributed by atoms with Gasteiger partial charge in [-0.1, -0.05) is 13.3 Å². The highest BCUT2D eigenvalue weighted by molar-refractivity contribution is 5.96. The number of piperazine rings is 1. The molecule has 2 amide bonds. The van der Waals surface area contributed by atoms with E-state index in [4.69, 9.17) is 4.74 Å². The van der Waals surface area contributed by atoms with Crippen molar-refractivity contribution in [2.45, 2.75) is 33.6 Å². The first-order chi connectivity index (χ1) is 15.0. The van der Waals surface area contributed by atoms with Crippen LogP contribution >= 0.6 is 0 Å². The number of carbonyl (C=O) groups is 2. The third kappa shape index (κ3) is 6.41. The van der Waals surface area contributed by atoms with Crippen molar-refractivity contribution in [1.82, 2.24) is 20.2 Å². The number of carbonyl (C=O) groups excluding carboxylic acids is 2. The Labute approximate surface area is 183 Å². The zero-order valence-electron chi connectivity index (χ0n) is 18.6. The maximum Gasteiger partial charge on any atom is 0.251 e. The number of nitrogens with one attached hydrogen (secondary N) is 1. The number of rotatable bonds is 8. The molecule has 0 bridgehead atoms. The molecule has 3 rings (SSSR count). The molecule has 31 heavy (non-hydrogen) atoms. The molecule has 0 spiro atoms. The maximum absolute atomic E-state index is 12.5. The molecule has 0 aliphatic carbocycles. The van der Waals surface area contributed by atoms with Gasteiger partial charge in [0.2, 0.25) is 5.91 Å². The van der Waals surface area contributed by atoms with Crippen LogP contribution in [0.2, 0.25) is 0 Å². The molecule has 1 aromatic carbocycles. The number of hydrogen-bond donors (Lipinski definition) is 1. The van der Waals surface area contributed by atoms with Crippen molar-refractivity contribution in [2.75, 3.05) is 44.2 Å². The van der Waals surface area contributed by atoms with Gasteiger partial charge < -0.3 is 19.9 Å². The number of aryl methyl sites for hydroxylation is 2. The minimum atomic E-state index is -0.265. The Morgan fingerprint density at radius 2 is 1.77 bits per heavy atom. The van der Waals surface area contributed by atoms with Crippen LogP contribution in [0.25, 0.3) is 0 Å². The van der Waals surface area contributed by atoms with Gasteiger partial charge in [0.15, 0.2) is 0 Å². The summed E-state index contributed by atoms with van der Waals surface area (Å²) in [6.07, 6.45) is 2.07. The van der Waals surface area contributed by atoms with Gasteiger partial charge in [0.25, 0.3) is 5.91 Å². The highest BCUT2D eigenvalue weighted by Gasteiger charge is 2.22. The van der Waals surface area contributed by atoms with E-state index in [1.165, 1.54) is 0 Å². The first-order valence-corrected chi connectivity index (χ1v) is 10.8. The first kappa shape index (κ1) is 22.5. The maximum atomic E-state index is 12.5. The number of unbranched alkanes of at least 4 members (excludes halogenated alkanes) is 1. The number of benzene rings is 1. The predicted molar refractivity (Wildman–Crippen MR) is 119 cm³/mol. The zero-order chi connectivity index (χ0) is 22.2. The van der Waals surface area contributed by atoms with Crippen molar-refractivity contribution in [3.05, 3.63) is 47.4 Å². The normalized spacial score (nSPS) is 13.8. The fourth-order valence-electron chi connectivity index (χ4n) is 3.45. The topological polar surface area (TPSA) is 87.7 Å². The van der Waals surface area contributed by atoms with Crippen LogP contribution in [-0.4, -0.2) is 66.0 Å². The lowest BCUT2D eigenvalue weighted by Crippen LogP contribution is -2.51. The van der Waals surface area contributed by atoms with Gasteiger partial charge in [-0.15, -0.1) is 0 Å². The summed E-state index contributed by atoms with van der Waals surface area (Å²) in [5, 5.41) is 2.72. The second-order valence-electron chi connectivity index (χ2n) is 7.69. The lowest BCUT2D eigenvalue weighted by Gasteiger charge is -2.35. The molecule has 1 N–H and O–H groups in total. The van der Waals surface area contributed by atoms with Crippen LogP contribution in [0.15, 0.2) is 30.3 Å². The third-order valence-corrected chi connectivity index (χ3v) is 5.19. The molecule has 1 aliphatic heterocycles. The highest BCUT2D eigenvalue weighted by Crippen LogP contribution is 2.15. The minimum Gasteiger partial charge on any atom is -0.494 e. The van der Waals surface area contributed by atoms with E-state index >= 15 is 0 Å². The minimum absolute atomic E-state index is 0.0146. The van der Waals surface area contributed by atoms with E-state index < -0.39 is 0 Å². The average molecular weight is 426 g/mol. The van der Waals surface area contributed by atoms with Gasteiger partial charge in [-0.2, -0.15) is 0 Å².